The van der Waals surface area contributed by atoms with Gasteiger partial charge in [-0.05, 0) is 31.5 Å². The van der Waals surface area contributed by atoms with Gasteiger partial charge >= 0.3 is 15.0 Å². The topological polar surface area (TPSA) is 27.7 Å². The van der Waals surface area contributed by atoms with E-state index in [1.807, 2.05) is 13.8 Å². The highest BCUT2D eigenvalue weighted by Gasteiger charge is 2.40. The van der Waals surface area contributed by atoms with Gasteiger partial charge in [-0.15, -0.1) is 0 Å². The minimum absolute atomic E-state index is 0.351. The van der Waals surface area contributed by atoms with Crippen molar-refractivity contribution in [2.75, 3.05) is 20.3 Å². The van der Waals surface area contributed by atoms with Gasteiger partial charge in [-0.3, -0.25) is 0 Å². The maximum atomic E-state index is 12.5. The lowest BCUT2D eigenvalue weighted by Crippen LogP contribution is -2.47. The highest BCUT2D eigenvalue weighted by Crippen LogP contribution is 2.29. The minimum atomic E-state index is -4.33. The molecule has 0 aliphatic carbocycles. The molecule has 0 heterocycles. The smallest absolute Gasteiger partial charge is 0.377 e. The molecule has 0 radical (unpaired) electrons. The van der Waals surface area contributed by atoms with Crippen LogP contribution in [0.25, 0.3) is 0 Å². The molecule has 0 saturated heterocycles. The summed E-state index contributed by atoms with van der Waals surface area (Å²) in [5.41, 5.74) is 0.0344. The zero-order valence-electron chi connectivity index (χ0n) is 11.8. The summed E-state index contributed by atoms with van der Waals surface area (Å²) in [5.74, 6) is 0. The van der Waals surface area contributed by atoms with E-state index in [9.17, 15) is 13.2 Å². The van der Waals surface area contributed by atoms with Crippen molar-refractivity contribution < 1.29 is 26.4 Å². The first kappa shape index (κ1) is 17.2. The highest BCUT2D eigenvalue weighted by atomic mass is 28.4. The molecule has 20 heavy (non-hydrogen) atoms. The Hall–Kier alpha value is -0.893. The van der Waals surface area contributed by atoms with E-state index < -0.39 is 20.5 Å². The number of alkyl halides is 3. The van der Waals surface area contributed by atoms with Crippen LogP contribution in [0.4, 0.5) is 13.2 Å². The molecule has 1 aromatic rings. The van der Waals surface area contributed by atoms with Crippen molar-refractivity contribution >= 4 is 8.80 Å². The molecule has 0 bridgehead atoms. The molecule has 3 nitrogen and oxygen atoms in total. The fraction of sp³-hybridized carbons (Fsp3) is 0.538. The molecular weight excluding hydrogens is 289 g/mol. The third-order valence-corrected chi connectivity index (χ3v) is 5.66. The van der Waals surface area contributed by atoms with Gasteiger partial charge in [-0.1, -0.05) is 12.1 Å². The third-order valence-electron chi connectivity index (χ3n) is 2.74. The predicted octanol–water partition coefficient (Wildman–Crippen LogP) is 3.45. The Morgan fingerprint density at radius 2 is 1.50 bits per heavy atom. The average Bonchev–Trinajstić information content (AvgIpc) is 2.39. The summed E-state index contributed by atoms with van der Waals surface area (Å²) in [7, 11) is -1.35. The summed E-state index contributed by atoms with van der Waals surface area (Å²) in [5, 5.41) is 0. The summed E-state index contributed by atoms with van der Waals surface area (Å²) in [6.07, 6.45) is -4.33. The Balaban J connectivity index is 2.88. The number of benzene rings is 1. The van der Waals surface area contributed by atoms with Gasteiger partial charge in [0.1, 0.15) is 0 Å². The SMILES string of the molecule is CCO[Si](Cc1ccc(C(F)(F)F)cc1)(OC)OCC. The van der Waals surface area contributed by atoms with Gasteiger partial charge in [0.2, 0.25) is 0 Å². The van der Waals surface area contributed by atoms with E-state index in [2.05, 4.69) is 0 Å². The Bertz CT molecular complexity index is 400. The predicted molar refractivity (Wildman–Crippen MR) is 71.2 cm³/mol. The molecule has 0 aromatic heterocycles. The van der Waals surface area contributed by atoms with Gasteiger partial charge in [0, 0.05) is 26.4 Å². The normalized spacial score (nSPS) is 12.7. The minimum Gasteiger partial charge on any atom is -0.377 e. The second kappa shape index (κ2) is 7.21. The van der Waals surface area contributed by atoms with E-state index in [1.165, 1.54) is 19.2 Å². The largest absolute Gasteiger partial charge is 0.505 e. The van der Waals surface area contributed by atoms with Gasteiger partial charge in [-0.2, -0.15) is 13.2 Å². The summed E-state index contributed by atoms with van der Waals surface area (Å²) < 4.78 is 54.1. The lowest BCUT2D eigenvalue weighted by molar-refractivity contribution is -0.137. The van der Waals surface area contributed by atoms with Crippen molar-refractivity contribution in [2.24, 2.45) is 0 Å². The second-order valence-corrected chi connectivity index (χ2v) is 6.83. The van der Waals surface area contributed by atoms with E-state index in [-0.39, 0.29) is 0 Å². The molecule has 0 atom stereocenters. The third kappa shape index (κ3) is 4.59. The maximum absolute atomic E-state index is 12.5. The molecule has 0 spiro atoms. The molecule has 0 fully saturated rings. The number of hydrogen-bond donors (Lipinski definition) is 0. The Kier molecular flexibility index (Phi) is 6.19. The fourth-order valence-corrected chi connectivity index (χ4v) is 4.12. The molecule has 1 rings (SSSR count). The van der Waals surface area contributed by atoms with E-state index >= 15 is 0 Å². The average molecular weight is 308 g/mol. The second-order valence-electron chi connectivity index (χ2n) is 4.12. The Morgan fingerprint density at radius 3 is 1.85 bits per heavy atom. The summed E-state index contributed by atoms with van der Waals surface area (Å²) >= 11 is 0. The highest BCUT2D eigenvalue weighted by molar-refractivity contribution is 6.60. The van der Waals surface area contributed by atoms with Crippen LogP contribution in [0.3, 0.4) is 0 Å². The van der Waals surface area contributed by atoms with Crippen LogP contribution in [0.1, 0.15) is 25.0 Å². The van der Waals surface area contributed by atoms with Crippen LogP contribution in [0.15, 0.2) is 24.3 Å². The standard InChI is InChI=1S/C13H19F3O3Si/c1-4-18-20(17-3,19-5-2)10-11-6-8-12(9-7-11)13(14,15)16/h6-9H,4-5,10H2,1-3H3. The van der Waals surface area contributed by atoms with Crippen LogP contribution in [-0.2, 0) is 25.5 Å². The summed E-state index contributed by atoms with van der Waals surface area (Å²) in [6, 6.07) is 5.33. The van der Waals surface area contributed by atoms with Gasteiger partial charge in [0.25, 0.3) is 0 Å². The van der Waals surface area contributed by atoms with Crippen LogP contribution in [-0.4, -0.2) is 29.1 Å². The van der Waals surface area contributed by atoms with Crippen LogP contribution < -0.4 is 0 Å². The van der Waals surface area contributed by atoms with Crippen molar-refractivity contribution in [3.63, 3.8) is 0 Å². The van der Waals surface area contributed by atoms with Gasteiger partial charge < -0.3 is 13.3 Å². The van der Waals surface area contributed by atoms with Crippen molar-refractivity contribution in [3.05, 3.63) is 35.4 Å². The summed E-state index contributed by atoms with van der Waals surface area (Å²) in [6.45, 7) is 4.51. The molecule has 0 amide bonds. The lowest BCUT2D eigenvalue weighted by Gasteiger charge is -2.27. The molecule has 7 heteroatoms. The van der Waals surface area contributed by atoms with Crippen LogP contribution in [0, 0.1) is 0 Å². The van der Waals surface area contributed by atoms with Crippen molar-refractivity contribution in [3.8, 4) is 0 Å². The molecule has 114 valence electrons. The van der Waals surface area contributed by atoms with Crippen LogP contribution in [0.5, 0.6) is 0 Å². The maximum Gasteiger partial charge on any atom is 0.505 e. The summed E-state index contributed by atoms with van der Waals surface area (Å²) in [4.78, 5) is 0. The number of rotatable bonds is 7. The first-order chi connectivity index (χ1) is 9.37. The van der Waals surface area contributed by atoms with E-state index in [4.69, 9.17) is 13.3 Å². The molecular formula is C13H19F3O3Si. The van der Waals surface area contributed by atoms with Gasteiger partial charge in [0.05, 0.1) is 5.56 Å². The zero-order valence-corrected chi connectivity index (χ0v) is 12.8. The molecule has 0 aliphatic heterocycles. The van der Waals surface area contributed by atoms with Crippen LogP contribution >= 0.6 is 0 Å². The molecule has 0 unspecified atom stereocenters. The van der Waals surface area contributed by atoms with Gasteiger partial charge in [-0.25, -0.2) is 0 Å². The quantitative estimate of drug-likeness (QED) is 0.722. The molecule has 0 aliphatic rings. The van der Waals surface area contributed by atoms with Crippen molar-refractivity contribution in [1.82, 2.24) is 0 Å². The Morgan fingerprint density at radius 1 is 1.00 bits per heavy atom. The molecule has 0 saturated carbocycles. The van der Waals surface area contributed by atoms with Gasteiger partial charge in [0.15, 0.2) is 0 Å². The monoisotopic (exact) mass is 308 g/mol. The fourth-order valence-electron chi connectivity index (χ4n) is 1.84. The molecule has 0 N–H and O–H groups in total. The van der Waals surface area contributed by atoms with E-state index in [0.717, 1.165) is 12.1 Å². The van der Waals surface area contributed by atoms with E-state index in [0.29, 0.717) is 24.8 Å². The zero-order chi connectivity index (χ0) is 15.2. The number of halogens is 3. The van der Waals surface area contributed by atoms with E-state index in [1.54, 1.807) is 0 Å². The first-order valence-corrected chi connectivity index (χ1v) is 8.29. The lowest BCUT2D eigenvalue weighted by atomic mass is 10.1. The Labute approximate surface area is 118 Å². The van der Waals surface area contributed by atoms with Crippen molar-refractivity contribution in [1.29, 1.82) is 0 Å². The molecule has 1 aromatic carbocycles. The number of hydrogen-bond acceptors (Lipinski definition) is 3. The van der Waals surface area contributed by atoms with Crippen molar-refractivity contribution in [2.45, 2.75) is 26.1 Å². The first-order valence-electron chi connectivity index (χ1n) is 6.36. The van der Waals surface area contributed by atoms with Crippen LogP contribution in [0.2, 0.25) is 0 Å².